The summed E-state index contributed by atoms with van der Waals surface area (Å²) in [7, 11) is 0. The Bertz CT molecular complexity index is 134. The molecule has 72 valence electrons. The van der Waals surface area contributed by atoms with E-state index in [9.17, 15) is 9.90 Å². The van der Waals surface area contributed by atoms with Gasteiger partial charge in [-0.2, -0.15) is 0 Å². The second-order valence-corrected chi connectivity index (χ2v) is 3.28. The number of unbranched alkanes of at least 4 members (excludes halogenated alkanes) is 1. The predicted octanol–water partition coefficient (Wildman–Crippen LogP) is 1.65. The fourth-order valence-corrected chi connectivity index (χ4v) is 1.11. The first kappa shape index (κ1) is 11.4. The van der Waals surface area contributed by atoms with Gasteiger partial charge in [-0.05, 0) is 12.3 Å². The fourth-order valence-electron chi connectivity index (χ4n) is 1.11. The van der Waals surface area contributed by atoms with Crippen molar-refractivity contribution in [2.75, 3.05) is 0 Å². The zero-order valence-corrected chi connectivity index (χ0v) is 7.79. The maximum atomic E-state index is 10.3. The number of hydrogen-bond acceptors (Lipinski definition) is 2. The highest BCUT2D eigenvalue weighted by Crippen LogP contribution is 2.13. The molecule has 0 amide bonds. The first-order valence-corrected chi connectivity index (χ1v) is 4.47. The van der Waals surface area contributed by atoms with Gasteiger partial charge in [0.1, 0.15) is 0 Å². The Kier molecular flexibility index (Phi) is 5.72. The van der Waals surface area contributed by atoms with E-state index >= 15 is 0 Å². The number of carbonyl (C=O) groups is 1. The zero-order chi connectivity index (χ0) is 9.56. The molecule has 0 aliphatic heterocycles. The molecule has 0 fully saturated rings. The van der Waals surface area contributed by atoms with Gasteiger partial charge in [0.2, 0.25) is 0 Å². The van der Waals surface area contributed by atoms with Crippen LogP contribution >= 0.6 is 0 Å². The monoisotopic (exact) mass is 174 g/mol. The summed E-state index contributed by atoms with van der Waals surface area (Å²) in [5.41, 5.74) is 0. The summed E-state index contributed by atoms with van der Waals surface area (Å²) in [4.78, 5) is 10.3. The summed E-state index contributed by atoms with van der Waals surface area (Å²) in [6.07, 6.45) is 2.32. The van der Waals surface area contributed by atoms with Gasteiger partial charge >= 0.3 is 5.97 Å². The van der Waals surface area contributed by atoms with Crippen molar-refractivity contribution >= 4 is 5.97 Å². The summed E-state index contributed by atoms with van der Waals surface area (Å²) >= 11 is 0. The van der Waals surface area contributed by atoms with E-state index in [0.29, 0.717) is 6.42 Å². The lowest BCUT2D eigenvalue weighted by molar-refractivity contribution is -0.139. The van der Waals surface area contributed by atoms with Crippen LogP contribution in [0.25, 0.3) is 0 Å². The average molecular weight is 174 g/mol. The summed E-state index contributed by atoms with van der Waals surface area (Å²) in [5, 5.41) is 17.9. The van der Waals surface area contributed by atoms with Gasteiger partial charge in [-0.15, -0.1) is 0 Å². The van der Waals surface area contributed by atoms with Gasteiger partial charge in [-0.1, -0.05) is 26.7 Å². The van der Waals surface area contributed by atoms with Gasteiger partial charge in [0.25, 0.3) is 0 Å². The average Bonchev–Trinajstić information content (AvgIpc) is 1.98. The van der Waals surface area contributed by atoms with E-state index in [1.807, 2.05) is 0 Å². The molecule has 0 heterocycles. The minimum atomic E-state index is -0.835. The highest BCUT2D eigenvalue weighted by Gasteiger charge is 2.16. The smallest absolute Gasteiger partial charge is 0.303 e. The molecule has 3 heteroatoms. The predicted molar refractivity (Wildman–Crippen MR) is 46.9 cm³/mol. The quantitative estimate of drug-likeness (QED) is 0.643. The number of hydrogen-bond donors (Lipinski definition) is 2. The van der Waals surface area contributed by atoms with E-state index in [1.54, 1.807) is 6.92 Å². The number of rotatable bonds is 6. The number of carboxylic acids is 1. The fraction of sp³-hybridized carbons (Fsp3) is 0.889. The second kappa shape index (κ2) is 6.00. The molecule has 3 nitrogen and oxygen atoms in total. The Morgan fingerprint density at radius 3 is 2.50 bits per heavy atom. The van der Waals surface area contributed by atoms with Crippen LogP contribution in [0.15, 0.2) is 0 Å². The lowest BCUT2D eigenvalue weighted by Gasteiger charge is -2.16. The van der Waals surface area contributed by atoms with Gasteiger partial charge in [-0.3, -0.25) is 4.79 Å². The molecule has 0 aromatic rings. The Morgan fingerprint density at radius 2 is 2.08 bits per heavy atom. The largest absolute Gasteiger partial charge is 0.481 e. The van der Waals surface area contributed by atoms with E-state index in [0.717, 1.165) is 12.8 Å². The zero-order valence-electron chi connectivity index (χ0n) is 7.79. The maximum absolute atomic E-state index is 10.3. The van der Waals surface area contributed by atoms with Crippen molar-refractivity contribution in [2.24, 2.45) is 5.92 Å². The molecular formula is C9H18O3. The summed E-state index contributed by atoms with van der Waals surface area (Å²) in [6, 6.07) is 0. The van der Waals surface area contributed by atoms with Crippen LogP contribution < -0.4 is 0 Å². The molecule has 0 rings (SSSR count). The minimum absolute atomic E-state index is 0.0604. The molecule has 0 unspecified atom stereocenters. The van der Waals surface area contributed by atoms with Crippen LogP contribution in [-0.2, 0) is 4.79 Å². The molecule has 0 aromatic carbocycles. The highest BCUT2D eigenvalue weighted by atomic mass is 16.4. The number of carboxylic acid groups (broad SMARTS) is 1. The summed E-state index contributed by atoms with van der Waals surface area (Å²) < 4.78 is 0. The molecule has 0 aliphatic rings. The number of aliphatic carboxylic acids is 1. The summed E-state index contributed by atoms with van der Waals surface area (Å²) in [6.45, 7) is 3.82. The Morgan fingerprint density at radius 1 is 1.50 bits per heavy atom. The summed E-state index contributed by atoms with van der Waals surface area (Å²) in [5.74, 6) is -0.966. The molecule has 12 heavy (non-hydrogen) atoms. The van der Waals surface area contributed by atoms with E-state index in [1.165, 1.54) is 0 Å². The van der Waals surface area contributed by atoms with Crippen LogP contribution in [0.5, 0.6) is 0 Å². The molecule has 0 aliphatic carbocycles. The second-order valence-electron chi connectivity index (χ2n) is 3.28. The van der Waals surface area contributed by atoms with E-state index in [-0.39, 0.29) is 12.3 Å². The van der Waals surface area contributed by atoms with Gasteiger partial charge in [0, 0.05) is 0 Å². The lowest BCUT2D eigenvalue weighted by atomic mass is 9.97. The van der Waals surface area contributed by atoms with E-state index in [2.05, 4.69) is 6.92 Å². The van der Waals surface area contributed by atoms with Crippen molar-refractivity contribution in [3.05, 3.63) is 0 Å². The van der Waals surface area contributed by atoms with Crippen molar-refractivity contribution in [3.63, 3.8) is 0 Å². The first-order valence-electron chi connectivity index (χ1n) is 4.47. The molecular weight excluding hydrogens is 156 g/mol. The van der Waals surface area contributed by atoms with Crippen molar-refractivity contribution in [3.8, 4) is 0 Å². The maximum Gasteiger partial charge on any atom is 0.303 e. The molecule has 2 N–H and O–H groups in total. The number of aliphatic hydroxyl groups excluding tert-OH is 1. The van der Waals surface area contributed by atoms with Crippen molar-refractivity contribution in [2.45, 2.75) is 45.6 Å². The van der Waals surface area contributed by atoms with Crippen LogP contribution in [0, 0.1) is 5.92 Å². The Hall–Kier alpha value is -0.570. The number of aliphatic hydroxyl groups is 1. The standard InChI is InChI=1S/C9H18O3/c1-3-4-5-8(10)7(2)6-9(11)12/h7-8,10H,3-6H2,1-2H3,(H,11,12)/t7-,8+/m0/s1. The Balaban J connectivity index is 3.60. The van der Waals surface area contributed by atoms with Crippen LogP contribution in [0.1, 0.15) is 39.5 Å². The first-order chi connectivity index (χ1) is 5.57. The normalized spacial score (nSPS) is 15.6. The molecule has 0 saturated heterocycles. The van der Waals surface area contributed by atoms with Crippen LogP contribution in [-0.4, -0.2) is 22.3 Å². The van der Waals surface area contributed by atoms with Crippen molar-refractivity contribution in [1.29, 1.82) is 0 Å². The molecule has 0 spiro atoms. The van der Waals surface area contributed by atoms with Crippen LogP contribution in [0.3, 0.4) is 0 Å². The van der Waals surface area contributed by atoms with Gasteiger partial charge < -0.3 is 10.2 Å². The molecule has 0 aromatic heterocycles. The molecule has 0 bridgehead atoms. The third-order valence-corrected chi connectivity index (χ3v) is 2.01. The highest BCUT2D eigenvalue weighted by molar-refractivity contribution is 5.67. The van der Waals surface area contributed by atoms with Gasteiger partial charge in [-0.25, -0.2) is 0 Å². The topological polar surface area (TPSA) is 57.5 Å². The van der Waals surface area contributed by atoms with E-state index < -0.39 is 12.1 Å². The lowest BCUT2D eigenvalue weighted by Crippen LogP contribution is -2.20. The van der Waals surface area contributed by atoms with Gasteiger partial charge in [0.15, 0.2) is 0 Å². The third-order valence-electron chi connectivity index (χ3n) is 2.01. The van der Waals surface area contributed by atoms with Crippen LogP contribution in [0.2, 0.25) is 0 Å². The molecule has 0 radical (unpaired) electrons. The molecule has 0 saturated carbocycles. The minimum Gasteiger partial charge on any atom is -0.481 e. The van der Waals surface area contributed by atoms with Gasteiger partial charge in [0.05, 0.1) is 12.5 Å². The van der Waals surface area contributed by atoms with Crippen molar-refractivity contribution < 1.29 is 15.0 Å². The third kappa shape index (κ3) is 5.13. The van der Waals surface area contributed by atoms with Crippen molar-refractivity contribution in [1.82, 2.24) is 0 Å². The Labute approximate surface area is 73.4 Å². The molecule has 2 atom stereocenters. The SMILES string of the molecule is CCCC[C@@H](O)[C@@H](C)CC(=O)O. The van der Waals surface area contributed by atoms with Crippen LogP contribution in [0.4, 0.5) is 0 Å². The van der Waals surface area contributed by atoms with E-state index in [4.69, 9.17) is 5.11 Å².